The maximum atomic E-state index is 11.9. The molecule has 0 aromatic heterocycles. The van der Waals surface area contributed by atoms with Crippen LogP contribution in [0.4, 0.5) is 0 Å². The number of hydrogen-bond donors (Lipinski definition) is 1. The Balaban J connectivity index is 1.91. The summed E-state index contributed by atoms with van der Waals surface area (Å²) in [6, 6.07) is 0. The minimum Gasteiger partial charge on any atom is -0.357 e. The van der Waals surface area contributed by atoms with E-state index in [1.165, 1.54) is 19.3 Å². The predicted molar refractivity (Wildman–Crippen MR) is 99.7 cm³/mol. The molecule has 1 unspecified atom stereocenters. The number of nitrogens with one attached hydrogen (secondary N) is 1. The van der Waals surface area contributed by atoms with Crippen LogP contribution in [-0.2, 0) is 10.0 Å². The first-order valence-corrected chi connectivity index (χ1v) is 11.1. The number of rotatable bonds is 7. The molecule has 140 valence electrons. The van der Waals surface area contributed by atoms with Crippen molar-refractivity contribution in [3.8, 4) is 0 Å². The van der Waals surface area contributed by atoms with Crippen molar-refractivity contribution in [2.45, 2.75) is 46.5 Å². The maximum Gasteiger partial charge on any atom is 0.214 e. The van der Waals surface area contributed by atoms with Gasteiger partial charge in [0.1, 0.15) is 0 Å². The first-order chi connectivity index (χ1) is 11.5. The van der Waals surface area contributed by atoms with E-state index in [4.69, 9.17) is 4.99 Å². The molecule has 0 aromatic rings. The Kier molecular flexibility index (Phi) is 7.34. The lowest BCUT2D eigenvalue weighted by atomic mass is 9.87. The van der Waals surface area contributed by atoms with Gasteiger partial charge in [0, 0.05) is 32.7 Å². The van der Waals surface area contributed by atoms with Crippen LogP contribution in [0.15, 0.2) is 4.99 Å². The van der Waals surface area contributed by atoms with E-state index in [1.54, 1.807) is 4.31 Å². The van der Waals surface area contributed by atoms with E-state index in [0.717, 1.165) is 43.9 Å². The van der Waals surface area contributed by atoms with Crippen molar-refractivity contribution in [1.82, 2.24) is 14.5 Å². The van der Waals surface area contributed by atoms with Crippen LogP contribution < -0.4 is 5.32 Å². The number of likely N-dealkylation sites (tertiary alicyclic amines) is 1. The highest BCUT2D eigenvalue weighted by atomic mass is 32.2. The van der Waals surface area contributed by atoms with Gasteiger partial charge in [0.05, 0.1) is 12.3 Å². The van der Waals surface area contributed by atoms with Crippen molar-refractivity contribution in [1.29, 1.82) is 0 Å². The number of aliphatic imine (C=N–C) groups is 1. The second kappa shape index (κ2) is 9.04. The maximum absolute atomic E-state index is 11.9. The molecule has 2 rings (SSSR count). The molecular weight excluding hydrogens is 324 g/mol. The number of sulfonamides is 1. The van der Waals surface area contributed by atoms with Crippen molar-refractivity contribution in [2.24, 2.45) is 16.8 Å². The van der Waals surface area contributed by atoms with Crippen molar-refractivity contribution in [3.05, 3.63) is 0 Å². The lowest BCUT2D eigenvalue weighted by Gasteiger charge is -2.24. The zero-order chi connectivity index (χ0) is 17.6. The van der Waals surface area contributed by atoms with Crippen molar-refractivity contribution in [3.63, 3.8) is 0 Å². The molecule has 0 amide bonds. The van der Waals surface area contributed by atoms with E-state index in [9.17, 15) is 8.42 Å². The highest BCUT2D eigenvalue weighted by Gasteiger charge is 2.30. The molecular formula is C17H34N4O2S. The van der Waals surface area contributed by atoms with Gasteiger partial charge in [0.2, 0.25) is 10.0 Å². The van der Waals surface area contributed by atoms with E-state index in [0.29, 0.717) is 25.4 Å². The fourth-order valence-corrected chi connectivity index (χ4v) is 5.47. The van der Waals surface area contributed by atoms with Crippen LogP contribution in [0.5, 0.6) is 0 Å². The van der Waals surface area contributed by atoms with Gasteiger partial charge in [0.15, 0.2) is 5.96 Å². The summed E-state index contributed by atoms with van der Waals surface area (Å²) in [4.78, 5) is 7.05. The lowest BCUT2D eigenvalue weighted by Crippen LogP contribution is -2.41. The van der Waals surface area contributed by atoms with Crippen LogP contribution in [0.3, 0.4) is 0 Å². The van der Waals surface area contributed by atoms with Crippen molar-refractivity contribution >= 4 is 16.0 Å². The molecule has 0 bridgehead atoms. The Morgan fingerprint density at radius 3 is 2.58 bits per heavy atom. The Labute approximate surface area is 147 Å². The Bertz CT molecular complexity index is 517. The standard InChI is InChI=1S/C17H34N4O2S/c1-4-15(5-2)16-8-11-20(14-16)17(18-6-3)19-9-12-21-10-7-13-24(21,22)23/h15-16H,4-14H2,1-3H3,(H,18,19). The van der Waals surface area contributed by atoms with Gasteiger partial charge in [-0.1, -0.05) is 26.7 Å². The van der Waals surface area contributed by atoms with E-state index in [-0.39, 0.29) is 0 Å². The van der Waals surface area contributed by atoms with Gasteiger partial charge < -0.3 is 10.2 Å². The van der Waals surface area contributed by atoms with Crippen LogP contribution in [-0.4, -0.2) is 68.6 Å². The fraction of sp³-hybridized carbons (Fsp3) is 0.941. The number of guanidine groups is 1. The van der Waals surface area contributed by atoms with E-state index in [2.05, 4.69) is 31.0 Å². The normalized spacial score (nSPS) is 24.9. The van der Waals surface area contributed by atoms with Gasteiger partial charge in [-0.25, -0.2) is 12.7 Å². The molecule has 1 atom stereocenters. The highest BCUT2D eigenvalue weighted by Crippen LogP contribution is 2.28. The summed E-state index contributed by atoms with van der Waals surface area (Å²) in [5.74, 6) is 2.79. The van der Waals surface area contributed by atoms with Crippen LogP contribution in [0.1, 0.15) is 46.5 Å². The smallest absolute Gasteiger partial charge is 0.214 e. The first kappa shape index (κ1) is 19.5. The molecule has 0 aliphatic carbocycles. The Morgan fingerprint density at radius 2 is 2.00 bits per heavy atom. The van der Waals surface area contributed by atoms with Gasteiger partial charge in [-0.2, -0.15) is 0 Å². The summed E-state index contributed by atoms with van der Waals surface area (Å²) in [7, 11) is -3.01. The molecule has 2 heterocycles. The summed E-state index contributed by atoms with van der Waals surface area (Å²) in [6.45, 7) is 11.3. The van der Waals surface area contributed by atoms with Gasteiger partial charge >= 0.3 is 0 Å². The van der Waals surface area contributed by atoms with Crippen molar-refractivity contribution < 1.29 is 8.42 Å². The molecule has 1 N–H and O–H groups in total. The van der Waals surface area contributed by atoms with E-state index in [1.807, 2.05) is 0 Å². The molecule has 2 aliphatic heterocycles. The molecule has 2 fully saturated rings. The van der Waals surface area contributed by atoms with E-state index >= 15 is 0 Å². The summed E-state index contributed by atoms with van der Waals surface area (Å²) < 4.78 is 25.3. The van der Waals surface area contributed by atoms with Crippen LogP contribution in [0.25, 0.3) is 0 Å². The Morgan fingerprint density at radius 1 is 1.25 bits per heavy atom. The summed E-state index contributed by atoms with van der Waals surface area (Å²) in [6.07, 6.45) is 4.47. The SMILES string of the molecule is CCNC(=NCCN1CCCS1(=O)=O)N1CCC(C(CC)CC)C1. The molecule has 24 heavy (non-hydrogen) atoms. The monoisotopic (exact) mass is 358 g/mol. The van der Waals surface area contributed by atoms with Crippen LogP contribution in [0.2, 0.25) is 0 Å². The third kappa shape index (κ3) is 4.85. The predicted octanol–water partition coefficient (Wildman–Crippen LogP) is 1.75. The quantitative estimate of drug-likeness (QED) is 0.556. The third-order valence-corrected chi connectivity index (χ3v) is 7.35. The van der Waals surface area contributed by atoms with Crippen molar-refractivity contribution in [2.75, 3.05) is 45.0 Å². The van der Waals surface area contributed by atoms with Gasteiger partial charge in [-0.3, -0.25) is 4.99 Å². The summed E-state index contributed by atoms with van der Waals surface area (Å²) >= 11 is 0. The Hall–Kier alpha value is -0.820. The topological polar surface area (TPSA) is 65.0 Å². The van der Waals surface area contributed by atoms with Crippen LogP contribution in [0, 0.1) is 11.8 Å². The van der Waals surface area contributed by atoms with Gasteiger partial charge in [0.25, 0.3) is 0 Å². The second-order valence-corrected chi connectivity index (χ2v) is 8.96. The third-order valence-electron chi connectivity index (χ3n) is 5.39. The summed E-state index contributed by atoms with van der Waals surface area (Å²) in [5, 5.41) is 3.37. The van der Waals surface area contributed by atoms with Gasteiger partial charge in [-0.15, -0.1) is 0 Å². The average Bonchev–Trinajstić information content (AvgIpc) is 3.15. The fourth-order valence-electron chi connectivity index (χ4n) is 3.96. The second-order valence-electron chi connectivity index (χ2n) is 6.88. The molecule has 0 aromatic carbocycles. The molecule has 0 spiro atoms. The number of nitrogens with zero attached hydrogens (tertiary/aromatic N) is 3. The average molecular weight is 359 g/mol. The highest BCUT2D eigenvalue weighted by molar-refractivity contribution is 7.89. The van der Waals surface area contributed by atoms with E-state index < -0.39 is 10.0 Å². The van der Waals surface area contributed by atoms with Gasteiger partial charge in [-0.05, 0) is 31.6 Å². The largest absolute Gasteiger partial charge is 0.357 e. The molecule has 2 aliphatic rings. The molecule has 0 saturated carbocycles. The molecule has 0 radical (unpaired) electrons. The van der Waals surface area contributed by atoms with Crippen LogP contribution >= 0.6 is 0 Å². The molecule has 2 saturated heterocycles. The molecule has 6 nitrogen and oxygen atoms in total. The lowest BCUT2D eigenvalue weighted by molar-refractivity contribution is 0.319. The minimum atomic E-state index is -3.01. The summed E-state index contributed by atoms with van der Waals surface area (Å²) in [5.41, 5.74) is 0. The zero-order valence-corrected chi connectivity index (χ0v) is 16.3. The molecule has 7 heteroatoms. The number of hydrogen-bond acceptors (Lipinski definition) is 3. The minimum absolute atomic E-state index is 0.292. The first-order valence-electron chi connectivity index (χ1n) is 9.52. The zero-order valence-electron chi connectivity index (χ0n) is 15.5.